The molecule has 15 heavy (non-hydrogen) atoms. The Morgan fingerprint density at radius 3 is 1.33 bits per heavy atom. The summed E-state index contributed by atoms with van der Waals surface area (Å²) in [6.07, 6.45) is 0. The molecule has 0 aromatic heterocycles. The molecule has 0 saturated carbocycles. The molecule has 1 aliphatic heterocycles. The lowest BCUT2D eigenvalue weighted by molar-refractivity contribution is 0.0877. The van der Waals surface area contributed by atoms with Crippen LogP contribution >= 0.6 is 0 Å². The maximum Gasteiger partial charge on any atom is 0.262 e. The number of halogens is 4. The van der Waals surface area contributed by atoms with Gasteiger partial charge < -0.3 is 0 Å². The predicted molar refractivity (Wildman–Crippen MR) is 38.1 cm³/mol. The van der Waals surface area contributed by atoms with Crippen molar-refractivity contribution < 1.29 is 27.2 Å². The number of carbonyl (C=O) groups excluding carboxylic acids is 2. The number of amides is 2. The van der Waals surface area contributed by atoms with E-state index < -0.39 is 46.2 Å². The Bertz CT molecular complexity index is 467. The summed E-state index contributed by atoms with van der Waals surface area (Å²) in [5, 5.41) is 1.53. The Kier molecular flexibility index (Phi) is 1.79. The van der Waals surface area contributed by atoms with Gasteiger partial charge in [0.15, 0.2) is 23.3 Å². The van der Waals surface area contributed by atoms with Crippen LogP contribution in [0.15, 0.2) is 0 Å². The van der Waals surface area contributed by atoms with Crippen LogP contribution < -0.4 is 5.32 Å². The van der Waals surface area contributed by atoms with Crippen LogP contribution in [-0.2, 0) is 0 Å². The third-order valence-corrected chi connectivity index (χ3v) is 1.95. The van der Waals surface area contributed by atoms with Crippen LogP contribution in [0, 0.1) is 23.3 Å². The second-order valence-electron chi connectivity index (χ2n) is 2.79. The molecule has 1 aliphatic rings. The molecule has 0 spiro atoms. The van der Waals surface area contributed by atoms with Crippen molar-refractivity contribution in [2.45, 2.75) is 0 Å². The summed E-state index contributed by atoms with van der Waals surface area (Å²) in [7, 11) is 0. The predicted octanol–water partition coefficient (Wildman–Crippen LogP) is 1.13. The molecule has 1 N–H and O–H groups in total. The average Bonchev–Trinajstić information content (AvgIpc) is 2.47. The van der Waals surface area contributed by atoms with Crippen LogP contribution in [-0.4, -0.2) is 11.8 Å². The van der Waals surface area contributed by atoms with Gasteiger partial charge in [0, 0.05) is 0 Å². The van der Waals surface area contributed by atoms with E-state index in [-0.39, 0.29) is 0 Å². The first kappa shape index (κ1) is 9.63. The summed E-state index contributed by atoms with van der Waals surface area (Å²) in [6.45, 7) is 0. The molecule has 2 amide bonds. The van der Waals surface area contributed by atoms with E-state index in [9.17, 15) is 27.2 Å². The average molecular weight is 219 g/mol. The summed E-state index contributed by atoms with van der Waals surface area (Å²) >= 11 is 0. The molecule has 1 aromatic carbocycles. The fourth-order valence-corrected chi connectivity index (χ4v) is 1.29. The van der Waals surface area contributed by atoms with Gasteiger partial charge in [-0.2, -0.15) is 0 Å². The molecule has 0 aliphatic carbocycles. The Balaban J connectivity index is 2.92. The molecule has 0 radical (unpaired) electrons. The highest BCUT2D eigenvalue weighted by Gasteiger charge is 2.38. The number of imide groups is 1. The van der Waals surface area contributed by atoms with Gasteiger partial charge in [0.2, 0.25) is 0 Å². The van der Waals surface area contributed by atoms with Crippen molar-refractivity contribution >= 4 is 11.8 Å². The molecule has 0 fully saturated rings. The lowest BCUT2D eigenvalue weighted by Gasteiger charge is -2.01. The van der Waals surface area contributed by atoms with Gasteiger partial charge in [-0.3, -0.25) is 14.9 Å². The third kappa shape index (κ3) is 1.06. The van der Waals surface area contributed by atoms with Gasteiger partial charge in [0.1, 0.15) is 0 Å². The van der Waals surface area contributed by atoms with Crippen molar-refractivity contribution in [2.75, 3.05) is 0 Å². The molecule has 78 valence electrons. The SMILES string of the molecule is O=C1NC(=O)c2c(F)c(F)c(F)c(F)c21. The van der Waals surface area contributed by atoms with E-state index in [4.69, 9.17) is 0 Å². The third-order valence-electron chi connectivity index (χ3n) is 1.95. The van der Waals surface area contributed by atoms with Gasteiger partial charge in [0.25, 0.3) is 11.8 Å². The minimum atomic E-state index is -2.11. The number of hydrogen-bond acceptors (Lipinski definition) is 2. The Morgan fingerprint density at radius 1 is 0.667 bits per heavy atom. The number of carbonyl (C=O) groups is 2. The van der Waals surface area contributed by atoms with Gasteiger partial charge in [-0.15, -0.1) is 0 Å². The minimum absolute atomic E-state index is 1.10. The Labute approximate surface area is 79.7 Å². The van der Waals surface area contributed by atoms with Gasteiger partial charge in [-0.1, -0.05) is 0 Å². The van der Waals surface area contributed by atoms with Crippen LogP contribution in [0.3, 0.4) is 0 Å². The summed E-state index contributed by atoms with van der Waals surface area (Å²) < 4.78 is 51.3. The van der Waals surface area contributed by atoms with Gasteiger partial charge in [-0.25, -0.2) is 17.6 Å². The molecule has 7 heteroatoms. The molecule has 1 aromatic rings. The van der Waals surface area contributed by atoms with E-state index in [1.807, 2.05) is 0 Å². The second kappa shape index (κ2) is 2.78. The first-order valence-electron chi connectivity index (χ1n) is 3.66. The lowest BCUT2D eigenvalue weighted by Crippen LogP contribution is -2.20. The van der Waals surface area contributed by atoms with Crippen molar-refractivity contribution in [3.8, 4) is 0 Å². The van der Waals surface area contributed by atoms with Gasteiger partial charge >= 0.3 is 0 Å². The largest absolute Gasteiger partial charge is 0.288 e. The van der Waals surface area contributed by atoms with Crippen LogP contribution in [0.4, 0.5) is 17.6 Å². The zero-order chi connectivity index (χ0) is 11.3. The topological polar surface area (TPSA) is 46.2 Å². The monoisotopic (exact) mass is 219 g/mol. The van der Waals surface area contributed by atoms with Crippen molar-refractivity contribution in [3.05, 3.63) is 34.4 Å². The smallest absolute Gasteiger partial charge is 0.262 e. The molecular weight excluding hydrogens is 218 g/mol. The molecule has 0 bridgehead atoms. The highest BCUT2D eigenvalue weighted by Crippen LogP contribution is 2.27. The Hall–Kier alpha value is -1.92. The zero-order valence-corrected chi connectivity index (χ0v) is 6.83. The van der Waals surface area contributed by atoms with Crippen molar-refractivity contribution in [3.63, 3.8) is 0 Å². The first-order chi connectivity index (χ1) is 6.95. The summed E-state index contributed by atoms with van der Waals surface area (Å²) in [5.41, 5.74) is -2.20. The zero-order valence-electron chi connectivity index (χ0n) is 6.83. The van der Waals surface area contributed by atoms with Gasteiger partial charge in [0.05, 0.1) is 11.1 Å². The number of nitrogens with one attached hydrogen (secondary N) is 1. The fourth-order valence-electron chi connectivity index (χ4n) is 1.29. The lowest BCUT2D eigenvalue weighted by atomic mass is 10.1. The summed E-state index contributed by atoms with van der Waals surface area (Å²) in [5.74, 6) is -10.5. The minimum Gasteiger partial charge on any atom is -0.288 e. The number of benzene rings is 1. The maximum absolute atomic E-state index is 13.0. The summed E-state index contributed by atoms with van der Waals surface area (Å²) in [4.78, 5) is 21.8. The van der Waals surface area contributed by atoms with E-state index in [0.717, 1.165) is 0 Å². The first-order valence-corrected chi connectivity index (χ1v) is 3.66. The van der Waals surface area contributed by atoms with Crippen LogP contribution in [0.2, 0.25) is 0 Å². The summed E-state index contributed by atoms with van der Waals surface area (Å²) in [6, 6.07) is 0. The maximum atomic E-state index is 13.0. The number of fused-ring (bicyclic) bond motifs is 1. The van der Waals surface area contributed by atoms with E-state index in [2.05, 4.69) is 0 Å². The van der Waals surface area contributed by atoms with Crippen LogP contribution in [0.25, 0.3) is 0 Å². The quantitative estimate of drug-likeness (QED) is 0.307. The molecule has 0 atom stereocenters. The van der Waals surface area contributed by atoms with Crippen LogP contribution in [0.1, 0.15) is 20.7 Å². The molecule has 3 nitrogen and oxygen atoms in total. The fraction of sp³-hybridized carbons (Fsp3) is 0. The Morgan fingerprint density at radius 2 is 1.00 bits per heavy atom. The molecular formula is C8HF4NO2. The molecule has 0 saturated heterocycles. The standard InChI is InChI=1S/C8HF4NO2/c9-3-1-2(8(15)13-7(1)14)4(10)6(12)5(3)11/h(H,13,14,15). The highest BCUT2D eigenvalue weighted by molar-refractivity contribution is 6.21. The molecule has 2 rings (SSSR count). The highest BCUT2D eigenvalue weighted by atomic mass is 19.2. The second-order valence-corrected chi connectivity index (χ2v) is 2.79. The number of rotatable bonds is 0. The van der Waals surface area contributed by atoms with E-state index in [1.165, 1.54) is 5.32 Å². The van der Waals surface area contributed by atoms with Gasteiger partial charge in [-0.05, 0) is 0 Å². The van der Waals surface area contributed by atoms with Crippen molar-refractivity contribution in [1.82, 2.24) is 5.32 Å². The number of hydrogen-bond donors (Lipinski definition) is 1. The molecule has 1 heterocycles. The van der Waals surface area contributed by atoms with E-state index in [0.29, 0.717) is 0 Å². The molecule has 0 unspecified atom stereocenters. The normalized spacial score (nSPS) is 14.1. The van der Waals surface area contributed by atoms with Crippen molar-refractivity contribution in [2.24, 2.45) is 0 Å². The van der Waals surface area contributed by atoms with E-state index >= 15 is 0 Å². The van der Waals surface area contributed by atoms with Crippen molar-refractivity contribution in [1.29, 1.82) is 0 Å². The van der Waals surface area contributed by atoms with Crippen LogP contribution in [0.5, 0.6) is 0 Å². The van der Waals surface area contributed by atoms with E-state index in [1.54, 1.807) is 0 Å².